The minimum Gasteiger partial charge on any atom is -0.493 e. The van der Waals surface area contributed by atoms with Crippen LogP contribution in [0.25, 0.3) is 0 Å². The summed E-state index contributed by atoms with van der Waals surface area (Å²) in [7, 11) is 1.63. The molecule has 1 aliphatic rings. The van der Waals surface area contributed by atoms with Gasteiger partial charge in [-0.1, -0.05) is 23.7 Å². The van der Waals surface area contributed by atoms with Crippen molar-refractivity contribution >= 4 is 11.6 Å². The number of likely N-dealkylation sites (tertiary alicyclic amines) is 1. The minimum atomic E-state index is -1.41. The molecular weight excluding hydrogens is 494 g/mol. The van der Waals surface area contributed by atoms with Gasteiger partial charge in [0.15, 0.2) is 11.5 Å². The van der Waals surface area contributed by atoms with Gasteiger partial charge in [-0.05, 0) is 61.2 Å². The van der Waals surface area contributed by atoms with E-state index in [0.29, 0.717) is 48.4 Å². The summed E-state index contributed by atoms with van der Waals surface area (Å²) in [6, 6.07) is 11.4. The molecule has 0 spiro atoms. The zero-order valence-corrected chi connectivity index (χ0v) is 22.4. The van der Waals surface area contributed by atoms with Gasteiger partial charge in [0.1, 0.15) is 18.0 Å². The van der Waals surface area contributed by atoms with Crippen LogP contribution in [0.5, 0.6) is 17.2 Å². The highest BCUT2D eigenvalue weighted by Gasteiger charge is 2.42. The Balaban J connectivity index is 1.33. The second-order valence-corrected chi connectivity index (χ2v) is 10.2. The van der Waals surface area contributed by atoms with E-state index in [2.05, 4.69) is 10.00 Å². The van der Waals surface area contributed by atoms with Crippen molar-refractivity contribution in [2.45, 2.75) is 51.5 Å². The third kappa shape index (κ3) is 7.17. The predicted octanol–water partition coefficient (Wildman–Crippen LogP) is 4.01. The molecule has 1 saturated heterocycles. The Kier molecular flexibility index (Phi) is 8.97. The summed E-state index contributed by atoms with van der Waals surface area (Å²) in [4.78, 5) is 2.11. The fourth-order valence-electron chi connectivity index (χ4n) is 4.53. The molecule has 0 bridgehead atoms. The summed E-state index contributed by atoms with van der Waals surface area (Å²) in [5, 5.41) is 26.6. The molecule has 0 saturated carbocycles. The number of β-amino-alcohol motifs (C(OH)–C–C–N with tert-alkyl or cyclic N) is 1. The van der Waals surface area contributed by atoms with Crippen LogP contribution in [-0.2, 0) is 13.1 Å². The third-order valence-corrected chi connectivity index (χ3v) is 6.90. The van der Waals surface area contributed by atoms with Crippen LogP contribution >= 0.6 is 11.6 Å². The summed E-state index contributed by atoms with van der Waals surface area (Å²) in [5.41, 5.74) is 1.76. The van der Waals surface area contributed by atoms with Crippen molar-refractivity contribution in [3.05, 3.63) is 70.5 Å². The number of aryl methyl sites for hydroxylation is 3. The van der Waals surface area contributed by atoms with E-state index in [1.807, 2.05) is 61.3 Å². The lowest BCUT2D eigenvalue weighted by Gasteiger charge is -2.42. The van der Waals surface area contributed by atoms with Crippen molar-refractivity contribution in [3.63, 3.8) is 0 Å². The van der Waals surface area contributed by atoms with Crippen molar-refractivity contribution < 1.29 is 24.4 Å². The van der Waals surface area contributed by atoms with Gasteiger partial charge in [0.05, 0.1) is 31.0 Å². The summed E-state index contributed by atoms with van der Waals surface area (Å²) in [6.07, 6.45) is 4.24. The van der Waals surface area contributed by atoms with Crippen molar-refractivity contribution in [1.29, 1.82) is 0 Å². The first kappa shape index (κ1) is 27.3. The second-order valence-electron chi connectivity index (χ2n) is 9.81. The summed E-state index contributed by atoms with van der Waals surface area (Å²) in [5.74, 6) is 1.86. The lowest BCUT2D eigenvalue weighted by atomic mass is 9.90. The van der Waals surface area contributed by atoms with Crippen LogP contribution in [0.15, 0.2) is 48.8 Å². The third-order valence-electron chi connectivity index (χ3n) is 6.59. The zero-order valence-electron chi connectivity index (χ0n) is 21.7. The molecule has 8 nitrogen and oxygen atoms in total. The largest absolute Gasteiger partial charge is 0.493 e. The zero-order chi connectivity index (χ0) is 26.4. The monoisotopic (exact) mass is 529 g/mol. The highest BCUT2D eigenvalue weighted by atomic mass is 35.5. The average molecular weight is 530 g/mol. The summed E-state index contributed by atoms with van der Waals surface area (Å²) < 4.78 is 19.3. The molecule has 1 fully saturated rings. The van der Waals surface area contributed by atoms with Gasteiger partial charge in [-0.15, -0.1) is 0 Å². The number of ether oxygens (including phenoxy) is 3. The van der Waals surface area contributed by atoms with Gasteiger partial charge in [0, 0.05) is 38.8 Å². The predicted molar refractivity (Wildman–Crippen MR) is 143 cm³/mol. The number of halogens is 1. The smallest absolute Gasteiger partial charge is 0.161 e. The van der Waals surface area contributed by atoms with Gasteiger partial charge >= 0.3 is 0 Å². The van der Waals surface area contributed by atoms with Crippen LogP contribution < -0.4 is 14.2 Å². The first-order chi connectivity index (χ1) is 17.8. The lowest BCUT2D eigenvalue weighted by molar-refractivity contribution is -0.140. The maximum atomic E-state index is 11.2. The number of hydrogen-bond acceptors (Lipinski definition) is 7. The van der Waals surface area contributed by atoms with Gasteiger partial charge in [-0.25, -0.2) is 0 Å². The molecule has 2 aromatic carbocycles. The van der Waals surface area contributed by atoms with E-state index in [0.717, 1.165) is 29.7 Å². The van der Waals surface area contributed by atoms with Gasteiger partial charge in [0.2, 0.25) is 0 Å². The quantitative estimate of drug-likeness (QED) is 0.363. The van der Waals surface area contributed by atoms with Gasteiger partial charge in [-0.2, -0.15) is 5.10 Å². The molecule has 200 valence electrons. The van der Waals surface area contributed by atoms with Crippen LogP contribution in [0.4, 0.5) is 0 Å². The van der Waals surface area contributed by atoms with Gasteiger partial charge in [0.25, 0.3) is 0 Å². The number of piperidine rings is 1. The Morgan fingerprint density at radius 1 is 1.08 bits per heavy atom. The van der Waals surface area contributed by atoms with E-state index in [9.17, 15) is 10.2 Å². The van der Waals surface area contributed by atoms with E-state index >= 15 is 0 Å². The SMILES string of the molecule is COc1cc(CN2CC[C@H](O)[C@@](O)(COc3cc(C)ccc3Cl)C2)ccc1OCCCn1cc(C)cn1. The fourth-order valence-corrected chi connectivity index (χ4v) is 4.70. The maximum Gasteiger partial charge on any atom is 0.161 e. The highest BCUT2D eigenvalue weighted by molar-refractivity contribution is 6.32. The van der Waals surface area contributed by atoms with Crippen molar-refractivity contribution in [1.82, 2.24) is 14.7 Å². The topological polar surface area (TPSA) is 89.2 Å². The number of aliphatic hydroxyl groups excluding tert-OH is 1. The van der Waals surface area contributed by atoms with Crippen LogP contribution in [0, 0.1) is 13.8 Å². The summed E-state index contributed by atoms with van der Waals surface area (Å²) >= 11 is 6.24. The number of methoxy groups -OCH3 is 1. The van der Waals surface area contributed by atoms with Crippen molar-refractivity contribution in [3.8, 4) is 17.2 Å². The molecule has 9 heteroatoms. The number of rotatable bonds is 11. The van der Waals surface area contributed by atoms with Crippen molar-refractivity contribution in [2.24, 2.45) is 0 Å². The van der Waals surface area contributed by atoms with Crippen LogP contribution in [-0.4, -0.2) is 70.0 Å². The number of aromatic nitrogens is 2. The molecule has 4 rings (SSSR count). The van der Waals surface area contributed by atoms with Crippen molar-refractivity contribution in [2.75, 3.05) is 33.4 Å². The Bertz CT molecular complexity index is 1190. The molecule has 1 aliphatic heterocycles. The van der Waals surface area contributed by atoms with Crippen LogP contribution in [0.2, 0.25) is 5.02 Å². The number of aliphatic hydroxyl groups is 2. The Morgan fingerprint density at radius 2 is 1.92 bits per heavy atom. The number of benzene rings is 2. The highest BCUT2D eigenvalue weighted by Crippen LogP contribution is 2.31. The standard InChI is InChI=1S/C28H36ClN3O5/c1-20-5-7-23(29)25(13-20)37-19-28(34)18-31(11-9-27(28)33)17-22-6-8-24(26(14-22)35-3)36-12-4-10-32-16-21(2)15-30-32/h5-8,13-16,27,33-34H,4,9-12,17-19H2,1-3H3/t27-,28-/m0/s1. The molecule has 1 aromatic heterocycles. The molecule has 37 heavy (non-hydrogen) atoms. The number of nitrogens with zero attached hydrogens (tertiary/aromatic N) is 3. The molecule has 0 unspecified atom stereocenters. The van der Waals surface area contributed by atoms with E-state index in [4.69, 9.17) is 25.8 Å². The van der Waals surface area contributed by atoms with Crippen LogP contribution in [0.1, 0.15) is 29.5 Å². The molecule has 3 aromatic rings. The van der Waals surface area contributed by atoms with Crippen LogP contribution in [0.3, 0.4) is 0 Å². The molecular formula is C28H36ClN3O5. The van der Waals surface area contributed by atoms with Gasteiger partial charge < -0.3 is 24.4 Å². The second kappa shape index (κ2) is 12.2. The van der Waals surface area contributed by atoms with E-state index in [1.165, 1.54) is 0 Å². The first-order valence-corrected chi connectivity index (χ1v) is 12.9. The fraction of sp³-hybridized carbons (Fsp3) is 0.464. The molecule has 2 heterocycles. The molecule has 0 amide bonds. The van der Waals surface area contributed by atoms with E-state index in [1.54, 1.807) is 13.2 Å². The average Bonchev–Trinajstić information content (AvgIpc) is 3.30. The van der Waals surface area contributed by atoms with Gasteiger partial charge in [-0.3, -0.25) is 9.58 Å². The normalized spacial score (nSPS) is 20.1. The number of hydrogen-bond donors (Lipinski definition) is 2. The first-order valence-electron chi connectivity index (χ1n) is 12.6. The molecule has 0 aliphatic carbocycles. The maximum absolute atomic E-state index is 11.2. The molecule has 2 atom stereocenters. The van der Waals surface area contributed by atoms with E-state index in [-0.39, 0.29) is 13.2 Å². The molecule has 0 radical (unpaired) electrons. The minimum absolute atomic E-state index is 0.0535. The van der Waals surface area contributed by atoms with E-state index < -0.39 is 11.7 Å². The summed E-state index contributed by atoms with van der Waals surface area (Å²) in [6.45, 7) is 6.77. The lowest BCUT2D eigenvalue weighted by Crippen LogP contribution is -2.59. The Hall–Kier alpha value is -2.78. The Labute approximate surface area is 223 Å². The Morgan fingerprint density at radius 3 is 2.68 bits per heavy atom. The molecule has 2 N–H and O–H groups in total.